The highest BCUT2D eigenvalue weighted by atomic mass is 35.5. The maximum absolute atomic E-state index is 13.4. The SMILES string of the molecule is CCS(=O)(=O)Nc1cc(COc2c(Cl)cc(CC(F)C(=O)O)cc2Cl)cc(C(F)(F)F)c1. The minimum absolute atomic E-state index is 0.0282. The van der Waals surface area contributed by atoms with Crippen molar-refractivity contribution in [2.75, 3.05) is 10.5 Å². The predicted molar refractivity (Wildman–Crippen MR) is 112 cm³/mol. The summed E-state index contributed by atoms with van der Waals surface area (Å²) in [4.78, 5) is 10.6. The number of sulfonamides is 1. The van der Waals surface area contributed by atoms with Crippen LogP contribution >= 0.6 is 23.2 Å². The molecule has 0 aliphatic heterocycles. The van der Waals surface area contributed by atoms with Gasteiger partial charge in [0.2, 0.25) is 16.2 Å². The number of carboxylic acids is 1. The molecule has 2 aromatic carbocycles. The van der Waals surface area contributed by atoms with Gasteiger partial charge in [-0.25, -0.2) is 17.6 Å². The first-order chi connectivity index (χ1) is 14.7. The zero-order valence-electron chi connectivity index (χ0n) is 16.3. The van der Waals surface area contributed by atoms with E-state index >= 15 is 0 Å². The number of hydrogen-bond acceptors (Lipinski definition) is 4. The van der Waals surface area contributed by atoms with E-state index in [0.717, 1.165) is 6.07 Å². The van der Waals surface area contributed by atoms with E-state index < -0.39 is 46.9 Å². The molecule has 0 saturated carbocycles. The molecule has 0 aliphatic rings. The normalized spacial score (nSPS) is 13.0. The van der Waals surface area contributed by atoms with Crippen LogP contribution in [0.25, 0.3) is 0 Å². The molecule has 0 bridgehead atoms. The number of aliphatic carboxylic acids is 1. The van der Waals surface area contributed by atoms with Crippen molar-refractivity contribution in [1.82, 2.24) is 0 Å². The van der Waals surface area contributed by atoms with Gasteiger partial charge >= 0.3 is 12.1 Å². The quantitative estimate of drug-likeness (QED) is 0.439. The number of ether oxygens (including phenoxy) is 1. The molecule has 1 unspecified atom stereocenters. The lowest BCUT2D eigenvalue weighted by Gasteiger charge is -2.15. The molecule has 32 heavy (non-hydrogen) atoms. The van der Waals surface area contributed by atoms with Crippen molar-refractivity contribution in [1.29, 1.82) is 0 Å². The van der Waals surface area contributed by atoms with Gasteiger partial charge < -0.3 is 9.84 Å². The summed E-state index contributed by atoms with van der Waals surface area (Å²) in [5, 5.41) is 8.43. The zero-order valence-corrected chi connectivity index (χ0v) is 18.7. The van der Waals surface area contributed by atoms with Gasteiger partial charge in [-0.15, -0.1) is 0 Å². The Morgan fingerprint density at radius 2 is 1.72 bits per heavy atom. The number of alkyl halides is 4. The van der Waals surface area contributed by atoms with Crippen molar-refractivity contribution >= 4 is 44.9 Å². The van der Waals surface area contributed by atoms with Crippen LogP contribution in [0.5, 0.6) is 5.75 Å². The first kappa shape index (κ1) is 26.0. The Morgan fingerprint density at radius 3 is 2.22 bits per heavy atom. The van der Waals surface area contributed by atoms with Crippen molar-refractivity contribution in [3.63, 3.8) is 0 Å². The molecule has 6 nitrogen and oxygen atoms in total. The van der Waals surface area contributed by atoms with Crippen LogP contribution in [0, 0.1) is 0 Å². The van der Waals surface area contributed by atoms with E-state index in [9.17, 15) is 30.8 Å². The topological polar surface area (TPSA) is 92.7 Å². The highest BCUT2D eigenvalue weighted by Crippen LogP contribution is 2.36. The summed E-state index contributed by atoms with van der Waals surface area (Å²) < 4.78 is 84.0. The number of nitrogens with one attached hydrogen (secondary N) is 1. The van der Waals surface area contributed by atoms with E-state index in [0.29, 0.717) is 6.07 Å². The fourth-order valence-electron chi connectivity index (χ4n) is 2.57. The van der Waals surface area contributed by atoms with Crippen LogP contribution in [-0.4, -0.2) is 31.4 Å². The van der Waals surface area contributed by atoms with Gasteiger partial charge in [0, 0.05) is 12.1 Å². The number of anilines is 1. The van der Waals surface area contributed by atoms with Gasteiger partial charge in [0.25, 0.3) is 0 Å². The lowest BCUT2D eigenvalue weighted by atomic mass is 10.1. The number of carboxylic acid groups (broad SMARTS) is 1. The Bertz CT molecular complexity index is 1090. The maximum atomic E-state index is 13.4. The second kappa shape index (κ2) is 10.1. The molecule has 0 fully saturated rings. The van der Waals surface area contributed by atoms with Gasteiger partial charge in [-0.05, 0) is 48.4 Å². The summed E-state index contributed by atoms with van der Waals surface area (Å²) >= 11 is 12.1. The molecule has 2 N–H and O–H groups in total. The smallest absolute Gasteiger partial charge is 0.416 e. The summed E-state index contributed by atoms with van der Waals surface area (Å²) in [7, 11) is -3.83. The molecule has 1 atom stereocenters. The molecule has 13 heteroatoms. The Labute approximate surface area is 191 Å². The van der Waals surface area contributed by atoms with E-state index in [1.54, 1.807) is 0 Å². The summed E-state index contributed by atoms with van der Waals surface area (Å²) in [5.41, 5.74) is -1.24. The maximum Gasteiger partial charge on any atom is 0.416 e. The van der Waals surface area contributed by atoms with E-state index in [1.165, 1.54) is 25.1 Å². The van der Waals surface area contributed by atoms with Crippen LogP contribution in [0.15, 0.2) is 30.3 Å². The van der Waals surface area contributed by atoms with Gasteiger partial charge in [-0.1, -0.05) is 23.2 Å². The summed E-state index contributed by atoms with van der Waals surface area (Å²) in [5.74, 6) is -2.11. The first-order valence-electron chi connectivity index (χ1n) is 8.91. The predicted octanol–water partition coefficient (Wildman–Crippen LogP) is 5.32. The van der Waals surface area contributed by atoms with Gasteiger partial charge in [0.15, 0.2) is 5.75 Å². The largest absolute Gasteiger partial charge is 0.486 e. The highest BCUT2D eigenvalue weighted by molar-refractivity contribution is 7.92. The van der Waals surface area contributed by atoms with Crippen molar-refractivity contribution < 1.29 is 40.6 Å². The second-order valence-electron chi connectivity index (χ2n) is 6.61. The molecule has 2 aromatic rings. The van der Waals surface area contributed by atoms with Crippen molar-refractivity contribution in [2.24, 2.45) is 0 Å². The van der Waals surface area contributed by atoms with Gasteiger partial charge in [-0.2, -0.15) is 13.2 Å². The molecule has 176 valence electrons. The molecule has 0 saturated heterocycles. The molecule has 0 amide bonds. The fourth-order valence-corrected chi connectivity index (χ4v) is 3.83. The average Bonchev–Trinajstić information content (AvgIpc) is 2.66. The lowest BCUT2D eigenvalue weighted by Crippen LogP contribution is -2.17. The Hall–Kier alpha value is -2.24. The van der Waals surface area contributed by atoms with Crippen LogP contribution in [0.2, 0.25) is 10.0 Å². The van der Waals surface area contributed by atoms with E-state index in [4.69, 9.17) is 33.0 Å². The zero-order chi connectivity index (χ0) is 24.3. The molecule has 0 radical (unpaired) electrons. The van der Waals surface area contributed by atoms with Crippen LogP contribution in [0.1, 0.15) is 23.6 Å². The summed E-state index contributed by atoms with van der Waals surface area (Å²) in [6.07, 6.45) is -7.42. The third kappa shape index (κ3) is 7.14. The van der Waals surface area contributed by atoms with E-state index in [2.05, 4.69) is 4.72 Å². The third-order valence-corrected chi connectivity index (χ3v) is 5.97. The molecule has 0 spiro atoms. The Balaban J connectivity index is 2.30. The Morgan fingerprint density at radius 1 is 1.12 bits per heavy atom. The second-order valence-corrected chi connectivity index (χ2v) is 9.43. The number of carbonyl (C=O) groups is 1. The van der Waals surface area contributed by atoms with Gasteiger partial charge in [0.05, 0.1) is 21.4 Å². The summed E-state index contributed by atoms with van der Waals surface area (Å²) in [6.45, 7) is 0.875. The lowest BCUT2D eigenvalue weighted by molar-refractivity contribution is -0.142. The summed E-state index contributed by atoms with van der Waals surface area (Å²) in [6, 6.07) is 5.05. The number of rotatable bonds is 9. The molecular formula is C19H17Cl2F4NO5S. The number of halogens is 6. The van der Waals surface area contributed by atoms with Crippen molar-refractivity contribution in [3.05, 3.63) is 57.1 Å². The molecule has 2 rings (SSSR count). The molecular weight excluding hydrogens is 501 g/mol. The van der Waals surface area contributed by atoms with E-state index in [-0.39, 0.29) is 38.4 Å². The molecule has 0 aromatic heterocycles. The molecule has 0 heterocycles. The van der Waals surface area contributed by atoms with Crippen LogP contribution in [0.3, 0.4) is 0 Å². The highest BCUT2D eigenvalue weighted by Gasteiger charge is 2.31. The van der Waals surface area contributed by atoms with Crippen LogP contribution in [0.4, 0.5) is 23.2 Å². The number of hydrogen-bond donors (Lipinski definition) is 2. The average molecular weight is 518 g/mol. The van der Waals surface area contributed by atoms with E-state index in [1.807, 2.05) is 0 Å². The van der Waals surface area contributed by atoms with Gasteiger partial charge in [0.1, 0.15) is 6.61 Å². The molecule has 0 aliphatic carbocycles. The fraction of sp³-hybridized carbons (Fsp3) is 0.316. The van der Waals surface area contributed by atoms with Crippen LogP contribution in [-0.2, 0) is 34.0 Å². The van der Waals surface area contributed by atoms with Crippen molar-refractivity contribution in [2.45, 2.75) is 32.3 Å². The first-order valence-corrected chi connectivity index (χ1v) is 11.3. The van der Waals surface area contributed by atoms with Gasteiger partial charge in [-0.3, -0.25) is 4.72 Å². The monoisotopic (exact) mass is 517 g/mol. The van der Waals surface area contributed by atoms with Crippen molar-refractivity contribution in [3.8, 4) is 5.75 Å². The van der Waals surface area contributed by atoms with Crippen LogP contribution < -0.4 is 9.46 Å². The Kier molecular flexibility index (Phi) is 8.24. The minimum Gasteiger partial charge on any atom is -0.486 e. The number of benzene rings is 2. The third-order valence-electron chi connectivity index (χ3n) is 4.10. The minimum atomic E-state index is -4.74. The standard InChI is InChI=1S/C19H17Cl2F4NO5S/c1-2-32(29,30)26-13-4-11(3-12(8-13)19(23,24)25)9-31-17-14(20)5-10(6-15(17)21)7-16(22)18(27)28/h3-6,8,16,26H,2,7,9H2,1H3,(H,27,28).